The molecule has 4 nitrogen and oxygen atoms in total. The van der Waals surface area contributed by atoms with Crippen LogP contribution in [0.15, 0.2) is 29.4 Å². The van der Waals surface area contributed by atoms with E-state index in [2.05, 4.69) is 17.1 Å². The standard InChI is InChI=1S/C15H17FN2O2/c1-18-13-6-7-14(18)9-12(8-13)17-20-15(19)10-2-4-11(16)5-3-10/h2-5,13-14H,6-9H2,1H3. The Morgan fingerprint density at radius 2 is 1.85 bits per heavy atom. The van der Waals surface area contributed by atoms with Gasteiger partial charge in [-0.05, 0) is 44.2 Å². The minimum atomic E-state index is -0.538. The fourth-order valence-corrected chi connectivity index (χ4v) is 3.03. The Bertz CT molecular complexity index is 525. The molecule has 2 aliphatic rings. The van der Waals surface area contributed by atoms with E-state index in [1.54, 1.807) is 0 Å². The number of piperidine rings is 1. The van der Waals surface area contributed by atoms with Crippen LogP contribution in [0.3, 0.4) is 0 Å². The summed E-state index contributed by atoms with van der Waals surface area (Å²) in [5, 5.41) is 4.00. The highest BCUT2D eigenvalue weighted by Gasteiger charge is 2.36. The molecule has 2 fully saturated rings. The van der Waals surface area contributed by atoms with Gasteiger partial charge in [0.05, 0.1) is 11.3 Å². The smallest absolute Gasteiger partial charge is 0.313 e. The van der Waals surface area contributed by atoms with Gasteiger partial charge in [0.25, 0.3) is 0 Å². The normalized spacial score (nSPS) is 25.6. The van der Waals surface area contributed by atoms with Gasteiger partial charge in [-0.25, -0.2) is 9.18 Å². The summed E-state index contributed by atoms with van der Waals surface area (Å²) in [6.07, 6.45) is 4.10. The molecule has 0 amide bonds. The lowest BCUT2D eigenvalue weighted by molar-refractivity contribution is 0.0510. The Kier molecular flexibility index (Phi) is 3.53. The summed E-state index contributed by atoms with van der Waals surface area (Å²) in [4.78, 5) is 19.1. The first-order valence-corrected chi connectivity index (χ1v) is 6.88. The lowest BCUT2D eigenvalue weighted by Crippen LogP contribution is -2.40. The van der Waals surface area contributed by atoms with Crippen molar-refractivity contribution >= 4 is 11.7 Å². The van der Waals surface area contributed by atoms with Crippen LogP contribution in [0.5, 0.6) is 0 Å². The van der Waals surface area contributed by atoms with Gasteiger partial charge < -0.3 is 4.84 Å². The second-order valence-corrected chi connectivity index (χ2v) is 5.50. The molecule has 1 aromatic carbocycles. The van der Waals surface area contributed by atoms with Gasteiger partial charge in [-0.1, -0.05) is 5.16 Å². The largest absolute Gasteiger partial charge is 0.365 e. The third-order valence-corrected chi connectivity index (χ3v) is 4.27. The lowest BCUT2D eigenvalue weighted by atomic mass is 10.0. The van der Waals surface area contributed by atoms with Crippen LogP contribution >= 0.6 is 0 Å². The fraction of sp³-hybridized carbons (Fsp3) is 0.467. The van der Waals surface area contributed by atoms with E-state index in [-0.39, 0.29) is 5.82 Å². The molecule has 2 bridgehead atoms. The number of fused-ring (bicyclic) bond motifs is 2. The molecule has 1 aromatic rings. The molecular weight excluding hydrogens is 259 g/mol. The Hall–Kier alpha value is -1.75. The minimum absolute atomic E-state index is 0.312. The fourth-order valence-electron chi connectivity index (χ4n) is 3.03. The van der Waals surface area contributed by atoms with E-state index < -0.39 is 5.97 Å². The van der Waals surface area contributed by atoms with Crippen molar-refractivity contribution in [2.24, 2.45) is 5.16 Å². The van der Waals surface area contributed by atoms with Crippen molar-refractivity contribution in [2.75, 3.05) is 7.05 Å². The highest BCUT2D eigenvalue weighted by molar-refractivity contribution is 5.91. The number of carbonyl (C=O) groups excluding carboxylic acids is 1. The van der Waals surface area contributed by atoms with E-state index in [9.17, 15) is 9.18 Å². The van der Waals surface area contributed by atoms with Crippen LogP contribution in [0, 0.1) is 5.82 Å². The third-order valence-electron chi connectivity index (χ3n) is 4.27. The molecule has 0 aromatic heterocycles. The molecule has 2 saturated heterocycles. The molecule has 2 heterocycles. The molecule has 5 heteroatoms. The molecular formula is C15H17FN2O2. The first-order valence-electron chi connectivity index (χ1n) is 6.88. The van der Waals surface area contributed by atoms with Gasteiger partial charge >= 0.3 is 5.97 Å². The summed E-state index contributed by atoms with van der Waals surface area (Å²) < 4.78 is 12.8. The summed E-state index contributed by atoms with van der Waals surface area (Å²) in [6.45, 7) is 0. The average molecular weight is 276 g/mol. The Labute approximate surface area is 117 Å². The molecule has 0 saturated carbocycles. The molecule has 0 aliphatic carbocycles. The first-order chi connectivity index (χ1) is 9.63. The quantitative estimate of drug-likeness (QED) is 0.616. The SMILES string of the molecule is CN1C2CCC1CC(=NOC(=O)c1ccc(F)cc1)C2. The molecule has 0 spiro atoms. The zero-order valence-electron chi connectivity index (χ0n) is 11.4. The molecule has 0 N–H and O–H groups in total. The van der Waals surface area contributed by atoms with Crippen LogP contribution in [-0.2, 0) is 4.84 Å². The average Bonchev–Trinajstić information content (AvgIpc) is 2.66. The number of halogens is 1. The van der Waals surface area contributed by atoms with Crippen molar-refractivity contribution in [3.8, 4) is 0 Å². The zero-order valence-corrected chi connectivity index (χ0v) is 11.4. The van der Waals surface area contributed by atoms with Crippen LogP contribution < -0.4 is 0 Å². The first kappa shape index (κ1) is 13.2. The maximum absolute atomic E-state index is 12.8. The van der Waals surface area contributed by atoms with Crippen molar-refractivity contribution in [3.63, 3.8) is 0 Å². The molecule has 0 radical (unpaired) electrons. The summed E-state index contributed by atoms with van der Waals surface area (Å²) >= 11 is 0. The summed E-state index contributed by atoms with van der Waals surface area (Å²) in [5.74, 6) is -0.913. The number of hydrogen-bond acceptors (Lipinski definition) is 4. The number of benzene rings is 1. The number of nitrogens with zero attached hydrogens (tertiary/aromatic N) is 2. The molecule has 2 unspecified atom stereocenters. The van der Waals surface area contributed by atoms with Crippen molar-refractivity contribution < 1.29 is 14.0 Å². The Morgan fingerprint density at radius 1 is 1.25 bits per heavy atom. The third kappa shape index (κ3) is 2.58. The van der Waals surface area contributed by atoms with Gasteiger partial charge in [-0.2, -0.15) is 0 Å². The highest BCUT2D eigenvalue weighted by Crippen LogP contribution is 2.32. The molecule has 3 rings (SSSR count). The van der Waals surface area contributed by atoms with Crippen molar-refractivity contribution in [3.05, 3.63) is 35.6 Å². The predicted octanol–water partition coefficient (Wildman–Crippen LogP) is 2.60. The van der Waals surface area contributed by atoms with E-state index in [1.165, 1.54) is 37.1 Å². The monoisotopic (exact) mass is 276 g/mol. The highest BCUT2D eigenvalue weighted by atomic mass is 19.1. The second-order valence-electron chi connectivity index (χ2n) is 5.50. The van der Waals surface area contributed by atoms with Crippen LogP contribution in [0.25, 0.3) is 0 Å². The van der Waals surface area contributed by atoms with Gasteiger partial charge in [0, 0.05) is 24.9 Å². The van der Waals surface area contributed by atoms with Crippen molar-refractivity contribution in [1.82, 2.24) is 4.90 Å². The molecule has 20 heavy (non-hydrogen) atoms. The lowest BCUT2D eigenvalue weighted by Gasteiger charge is -2.31. The number of rotatable bonds is 2. The van der Waals surface area contributed by atoms with Gasteiger partial charge in [-0.15, -0.1) is 0 Å². The van der Waals surface area contributed by atoms with Gasteiger partial charge in [0.2, 0.25) is 0 Å². The van der Waals surface area contributed by atoms with Gasteiger partial charge in [0.1, 0.15) is 5.82 Å². The van der Waals surface area contributed by atoms with Gasteiger partial charge in [-0.3, -0.25) is 4.90 Å². The predicted molar refractivity (Wildman–Crippen MR) is 73.1 cm³/mol. The molecule has 106 valence electrons. The maximum Gasteiger partial charge on any atom is 0.365 e. The Morgan fingerprint density at radius 3 is 2.45 bits per heavy atom. The number of oxime groups is 1. The van der Waals surface area contributed by atoms with E-state index >= 15 is 0 Å². The Balaban J connectivity index is 1.63. The minimum Gasteiger partial charge on any atom is -0.313 e. The molecule has 2 aliphatic heterocycles. The number of carbonyl (C=O) groups is 1. The molecule has 2 atom stereocenters. The van der Waals surface area contributed by atoms with Crippen LogP contribution in [0.1, 0.15) is 36.0 Å². The summed E-state index contributed by atoms with van der Waals surface area (Å²) in [7, 11) is 2.14. The van der Waals surface area contributed by atoms with E-state index in [4.69, 9.17) is 4.84 Å². The topological polar surface area (TPSA) is 41.9 Å². The van der Waals surface area contributed by atoms with Crippen LogP contribution in [-0.4, -0.2) is 35.7 Å². The van der Waals surface area contributed by atoms with E-state index in [0.717, 1.165) is 18.6 Å². The van der Waals surface area contributed by atoms with Crippen molar-refractivity contribution in [2.45, 2.75) is 37.8 Å². The van der Waals surface area contributed by atoms with Gasteiger partial charge in [0.15, 0.2) is 0 Å². The summed E-state index contributed by atoms with van der Waals surface area (Å²) in [5.41, 5.74) is 1.26. The van der Waals surface area contributed by atoms with Crippen LogP contribution in [0.2, 0.25) is 0 Å². The van der Waals surface area contributed by atoms with E-state index in [0.29, 0.717) is 17.6 Å². The zero-order chi connectivity index (χ0) is 14.1. The van der Waals surface area contributed by atoms with Crippen LogP contribution in [0.4, 0.5) is 4.39 Å². The maximum atomic E-state index is 12.8. The van der Waals surface area contributed by atoms with Crippen molar-refractivity contribution in [1.29, 1.82) is 0 Å². The van der Waals surface area contributed by atoms with E-state index in [1.807, 2.05) is 0 Å². The summed E-state index contributed by atoms with van der Waals surface area (Å²) in [6, 6.07) is 6.32. The number of hydrogen-bond donors (Lipinski definition) is 0. The second kappa shape index (κ2) is 5.32.